The Balaban J connectivity index is 2.24. The number of amides is 1. The second kappa shape index (κ2) is 5.51. The van der Waals surface area contributed by atoms with E-state index in [0.29, 0.717) is 22.2 Å². The number of rotatable bonds is 3. The summed E-state index contributed by atoms with van der Waals surface area (Å²) < 4.78 is 5.14. The van der Waals surface area contributed by atoms with Crippen molar-refractivity contribution in [2.24, 2.45) is 0 Å². The van der Waals surface area contributed by atoms with E-state index in [1.54, 1.807) is 42.6 Å². The molecule has 0 radical (unpaired) electrons. The first-order chi connectivity index (χ1) is 8.70. The van der Waals surface area contributed by atoms with Gasteiger partial charge in [0, 0.05) is 11.2 Å². The Morgan fingerprint density at radius 2 is 2.17 bits per heavy atom. The lowest BCUT2D eigenvalue weighted by molar-refractivity contribution is 0.102. The van der Waals surface area contributed by atoms with Crippen LogP contribution in [0.4, 0.5) is 5.69 Å². The number of methoxy groups -OCH3 is 1. The zero-order valence-corrected chi connectivity index (χ0v) is 10.4. The molecule has 0 aliphatic heterocycles. The second-order valence-corrected chi connectivity index (χ2v) is 3.95. The van der Waals surface area contributed by atoms with Gasteiger partial charge in [-0.1, -0.05) is 17.7 Å². The normalized spacial score (nSPS) is 9.89. The number of benzene rings is 1. The molecule has 1 aromatic heterocycles. The summed E-state index contributed by atoms with van der Waals surface area (Å²) in [4.78, 5) is 15.9. The molecule has 0 unspecified atom stereocenters. The minimum atomic E-state index is -0.309. The summed E-state index contributed by atoms with van der Waals surface area (Å²) in [6.07, 6.45) is 1.56. The molecule has 0 saturated heterocycles. The average molecular weight is 263 g/mol. The van der Waals surface area contributed by atoms with Crippen molar-refractivity contribution in [2.75, 3.05) is 12.4 Å². The average Bonchev–Trinajstić information content (AvgIpc) is 2.40. The van der Waals surface area contributed by atoms with Crippen molar-refractivity contribution in [1.29, 1.82) is 0 Å². The van der Waals surface area contributed by atoms with Crippen molar-refractivity contribution in [1.82, 2.24) is 4.98 Å². The van der Waals surface area contributed by atoms with Crippen LogP contribution in [0.2, 0.25) is 5.02 Å². The van der Waals surface area contributed by atoms with Crippen molar-refractivity contribution in [3.8, 4) is 5.75 Å². The fourth-order valence-electron chi connectivity index (χ4n) is 1.46. The Labute approximate surface area is 110 Å². The minimum Gasteiger partial charge on any atom is -0.495 e. The van der Waals surface area contributed by atoms with Gasteiger partial charge < -0.3 is 10.1 Å². The predicted molar refractivity (Wildman–Crippen MR) is 70.2 cm³/mol. The maximum atomic E-state index is 11.9. The van der Waals surface area contributed by atoms with Gasteiger partial charge in [-0.05, 0) is 30.3 Å². The van der Waals surface area contributed by atoms with Gasteiger partial charge in [0.25, 0.3) is 5.91 Å². The van der Waals surface area contributed by atoms with Crippen LogP contribution in [-0.4, -0.2) is 18.0 Å². The van der Waals surface area contributed by atoms with Crippen molar-refractivity contribution in [3.63, 3.8) is 0 Å². The van der Waals surface area contributed by atoms with E-state index >= 15 is 0 Å². The Morgan fingerprint density at radius 1 is 1.33 bits per heavy atom. The summed E-state index contributed by atoms with van der Waals surface area (Å²) >= 11 is 5.88. The van der Waals surface area contributed by atoms with Gasteiger partial charge in [-0.2, -0.15) is 0 Å². The van der Waals surface area contributed by atoms with Gasteiger partial charge in [0.05, 0.1) is 12.8 Å². The van der Waals surface area contributed by atoms with Crippen molar-refractivity contribution in [3.05, 3.63) is 53.3 Å². The maximum Gasteiger partial charge on any atom is 0.274 e. The third-order valence-electron chi connectivity index (χ3n) is 2.31. The molecule has 0 atom stereocenters. The largest absolute Gasteiger partial charge is 0.495 e. The number of halogens is 1. The smallest absolute Gasteiger partial charge is 0.274 e. The molecular weight excluding hydrogens is 252 g/mol. The molecule has 0 aliphatic carbocycles. The van der Waals surface area contributed by atoms with Crippen LogP contribution >= 0.6 is 11.6 Å². The summed E-state index contributed by atoms with van der Waals surface area (Å²) in [6.45, 7) is 0. The number of aromatic nitrogens is 1. The highest BCUT2D eigenvalue weighted by Gasteiger charge is 2.10. The molecule has 1 heterocycles. The summed E-state index contributed by atoms with van der Waals surface area (Å²) in [6, 6.07) is 10.1. The predicted octanol–water partition coefficient (Wildman–Crippen LogP) is 3.00. The standard InChI is InChI=1S/C13H11ClN2O2/c1-18-12-6-5-9(14)8-11(12)16-13(17)10-4-2-3-7-15-10/h2-8H,1H3,(H,16,17). The molecule has 0 spiro atoms. The van der Waals surface area contributed by atoms with Crippen LogP contribution in [0.1, 0.15) is 10.5 Å². The first-order valence-corrected chi connectivity index (χ1v) is 5.64. The van der Waals surface area contributed by atoms with Gasteiger partial charge in [0.1, 0.15) is 11.4 Å². The van der Waals surface area contributed by atoms with E-state index in [4.69, 9.17) is 16.3 Å². The number of anilines is 1. The van der Waals surface area contributed by atoms with Gasteiger partial charge in [-0.3, -0.25) is 9.78 Å². The number of ether oxygens (including phenoxy) is 1. The molecule has 1 N–H and O–H groups in total. The molecule has 1 aromatic carbocycles. The molecule has 2 rings (SSSR count). The Hall–Kier alpha value is -2.07. The van der Waals surface area contributed by atoms with Crippen molar-refractivity contribution < 1.29 is 9.53 Å². The molecule has 18 heavy (non-hydrogen) atoms. The van der Waals surface area contributed by atoms with Crippen LogP contribution in [-0.2, 0) is 0 Å². The number of pyridine rings is 1. The van der Waals surface area contributed by atoms with Crippen LogP contribution in [0.3, 0.4) is 0 Å². The lowest BCUT2D eigenvalue weighted by atomic mass is 10.2. The quantitative estimate of drug-likeness (QED) is 0.925. The minimum absolute atomic E-state index is 0.309. The van der Waals surface area contributed by atoms with Crippen LogP contribution in [0.5, 0.6) is 5.75 Å². The van der Waals surface area contributed by atoms with Crippen LogP contribution in [0.25, 0.3) is 0 Å². The van der Waals surface area contributed by atoms with Gasteiger partial charge in [-0.15, -0.1) is 0 Å². The number of nitrogens with one attached hydrogen (secondary N) is 1. The first-order valence-electron chi connectivity index (χ1n) is 5.26. The Kier molecular flexibility index (Phi) is 3.79. The molecule has 5 heteroatoms. The van der Waals surface area contributed by atoms with Crippen LogP contribution in [0, 0.1) is 0 Å². The fourth-order valence-corrected chi connectivity index (χ4v) is 1.63. The number of carbonyl (C=O) groups is 1. The van der Waals surface area contributed by atoms with Crippen molar-refractivity contribution >= 4 is 23.2 Å². The summed E-state index contributed by atoms with van der Waals surface area (Å²) in [5, 5.41) is 3.23. The zero-order chi connectivity index (χ0) is 13.0. The summed E-state index contributed by atoms with van der Waals surface area (Å²) in [5.41, 5.74) is 0.847. The number of hydrogen-bond donors (Lipinski definition) is 1. The summed E-state index contributed by atoms with van der Waals surface area (Å²) in [5.74, 6) is 0.236. The lowest BCUT2D eigenvalue weighted by Gasteiger charge is -2.10. The van der Waals surface area contributed by atoms with Gasteiger partial charge in [0.15, 0.2) is 0 Å². The van der Waals surface area contributed by atoms with E-state index in [1.165, 1.54) is 7.11 Å². The molecule has 92 valence electrons. The van der Waals surface area contributed by atoms with Crippen molar-refractivity contribution in [2.45, 2.75) is 0 Å². The lowest BCUT2D eigenvalue weighted by Crippen LogP contribution is -2.14. The highest BCUT2D eigenvalue weighted by Crippen LogP contribution is 2.27. The van der Waals surface area contributed by atoms with E-state index in [-0.39, 0.29) is 5.91 Å². The molecule has 0 fully saturated rings. The van der Waals surface area contributed by atoms with Gasteiger partial charge in [-0.25, -0.2) is 0 Å². The van der Waals surface area contributed by atoms with E-state index in [1.807, 2.05) is 0 Å². The van der Waals surface area contributed by atoms with E-state index < -0.39 is 0 Å². The molecule has 0 saturated carbocycles. The third-order valence-corrected chi connectivity index (χ3v) is 2.54. The number of hydrogen-bond acceptors (Lipinski definition) is 3. The SMILES string of the molecule is COc1ccc(Cl)cc1NC(=O)c1ccccn1. The van der Waals surface area contributed by atoms with Gasteiger partial charge in [0.2, 0.25) is 0 Å². The number of carbonyl (C=O) groups excluding carboxylic acids is 1. The summed E-state index contributed by atoms with van der Waals surface area (Å²) in [7, 11) is 1.53. The molecule has 0 bridgehead atoms. The van der Waals surface area contributed by atoms with E-state index in [9.17, 15) is 4.79 Å². The van der Waals surface area contributed by atoms with Crippen LogP contribution < -0.4 is 10.1 Å². The van der Waals surface area contributed by atoms with E-state index in [0.717, 1.165) is 0 Å². The Bertz CT molecular complexity index is 558. The maximum absolute atomic E-state index is 11.9. The highest BCUT2D eigenvalue weighted by atomic mass is 35.5. The van der Waals surface area contributed by atoms with Gasteiger partial charge >= 0.3 is 0 Å². The highest BCUT2D eigenvalue weighted by molar-refractivity contribution is 6.31. The third kappa shape index (κ3) is 2.78. The van der Waals surface area contributed by atoms with E-state index in [2.05, 4.69) is 10.3 Å². The molecule has 1 amide bonds. The number of nitrogens with zero attached hydrogens (tertiary/aromatic N) is 1. The second-order valence-electron chi connectivity index (χ2n) is 3.51. The molecule has 0 aliphatic rings. The first kappa shape index (κ1) is 12.4. The molecular formula is C13H11ClN2O2. The topological polar surface area (TPSA) is 51.2 Å². The van der Waals surface area contributed by atoms with Crippen LogP contribution in [0.15, 0.2) is 42.6 Å². The Morgan fingerprint density at radius 3 is 2.83 bits per heavy atom. The fraction of sp³-hybridized carbons (Fsp3) is 0.0769. The monoisotopic (exact) mass is 262 g/mol. The molecule has 2 aromatic rings. The molecule has 4 nitrogen and oxygen atoms in total. The zero-order valence-electron chi connectivity index (χ0n) is 9.68.